The molecule has 3 rings (SSSR count). The molecule has 0 bridgehead atoms. The minimum atomic E-state index is -0.684. The summed E-state index contributed by atoms with van der Waals surface area (Å²) < 4.78 is 22.6. The van der Waals surface area contributed by atoms with E-state index in [1.165, 1.54) is 6.07 Å². The average molecular weight is 446 g/mol. The molecule has 2 aromatic carbocycles. The predicted molar refractivity (Wildman–Crippen MR) is 109 cm³/mol. The molecule has 0 radical (unpaired) electrons. The molecule has 0 saturated carbocycles. The number of ether oxygens (including phenoxy) is 1. The smallest absolute Gasteiger partial charge is 0.261 e. The Balaban J connectivity index is 1.61. The van der Waals surface area contributed by atoms with E-state index in [0.717, 1.165) is 10.0 Å². The molecule has 5 nitrogen and oxygen atoms in total. The van der Waals surface area contributed by atoms with E-state index < -0.39 is 6.10 Å². The Hall–Kier alpha value is -2.67. The van der Waals surface area contributed by atoms with Gasteiger partial charge < -0.3 is 14.6 Å². The third-order valence-electron chi connectivity index (χ3n) is 4.32. The minimum Gasteiger partial charge on any atom is -0.480 e. The van der Waals surface area contributed by atoms with Gasteiger partial charge in [0, 0.05) is 18.9 Å². The number of nitrogens with one attached hydrogen (secondary N) is 1. The van der Waals surface area contributed by atoms with Crippen molar-refractivity contribution in [3.63, 3.8) is 0 Å². The number of rotatable bonds is 6. The Bertz CT molecular complexity index is 1000. The molecule has 1 aromatic heterocycles. The maximum Gasteiger partial charge on any atom is 0.261 e. The topological polar surface area (TPSA) is 56.1 Å². The summed E-state index contributed by atoms with van der Waals surface area (Å²) in [5.74, 6) is 0.649. The van der Waals surface area contributed by atoms with Crippen LogP contribution < -0.4 is 10.1 Å². The second-order valence-electron chi connectivity index (χ2n) is 6.54. The lowest BCUT2D eigenvalue weighted by Crippen LogP contribution is -2.36. The van der Waals surface area contributed by atoms with Crippen molar-refractivity contribution in [1.82, 2.24) is 14.9 Å². The SMILES string of the molecule is Cc1ccc(OC(C)C(=O)NCc2ccc(-n3ccnc3C)c(F)c2)c(Br)c1. The molecule has 3 aromatic rings. The van der Waals surface area contributed by atoms with Gasteiger partial charge in [0.25, 0.3) is 5.91 Å². The van der Waals surface area contributed by atoms with Gasteiger partial charge in [0.05, 0.1) is 10.2 Å². The molecule has 0 aliphatic rings. The summed E-state index contributed by atoms with van der Waals surface area (Å²) in [5.41, 5.74) is 2.18. The first-order chi connectivity index (χ1) is 13.3. The van der Waals surface area contributed by atoms with Crippen molar-refractivity contribution in [2.75, 3.05) is 0 Å². The lowest BCUT2D eigenvalue weighted by molar-refractivity contribution is -0.127. The average Bonchev–Trinajstić information content (AvgIpc) is 3.07. The number of nitrogens with zero attached hydrogens (tertiary/aromatic N) is 2. The molecule has 1 amide bonds. The van der Waals surface area contributed by atoms with E-state index in [-0.39, 0.29) is 18.3 Å². The first-order valence-electron chi connectivity index (χ1n) is 8.84. The largest absolute Gasteiger partial charge is 0.480 e. The molecule has 28 heavy (non-hydrogen) atoms. The first-order valence-corrected chi connectivity index (χ1v) is 9.63. The van der Waals surface area contributed by atoms with Crippen molar-refractivity contribution in [2.24, 2.45) is 0 Å². The summed E-state index contributed by atoms with van der Waals surface area (Å²) in [6.45, 7) is 5.67. The van der Waals surface area contributed by atoms with Gasteiger partial charge in [0.15, 0.2) is 6.10 Å². The van der Waals surface area contributed by atoms with Crippen LogP contribution in [0.3, 0.4) is 0 Å². The molecule has 1 heterocycles. The molecule has 0 aliphatic heterocycles. The van der Waals surface area contributed by atoms with Gasteiger partial charge in [-0.05, 0) is 72.1 Å². The van der Waals surface area contributed by atoms with Crippen molar-refractivity contribution < 1.29 is 13.9 Å². The van der Waals surface area contributed by atoms with Crippen LogP contribution in [-0.4, -0.2) is 21.6 Å². The monoisotopic (exact) mass is 445 g/mol. The van der Waals surface area contributed by atoms with Crippen LogP contribution in [-0.2, 0) is 11.3 Å². The van der Waals surface area contributed by atoms with Gasteiger partial charge in [0.2, 0.25) is 0 Å². The van der Waals surface area contributed by atoms with Crippen LogP contribution in [0.5, 0.6) is 5.75 Å². The number of hydrogen-bond acceptors (Lipinski definition) is 3. The number of imidazole rings is 1. The van der Waals surface area contributed by atoms with E-state index in [9.17, 15) is 9.18 Å². The van der Waals surface area contributed by atoms with E-state index in [1.807, 2.05) is 25.1 Å². The first kappa shape index (κ1) is 20.1. The van der Waals surface area contributed by atoms with E-state index in [2.05, 4.69) is 26.2 Å². The number of carbonyl (C=O) groups excluding carboxylic acids is 1. The fourth-order valence-corrected chi connectivity index (χ4v) is 3.35. The number of hydrogen-bond donors (Lipinski definition) is 1. The molecular formula is C21H21BrFN3O2. The van der Waals surface area contributed by atoms with Gasteiger partial charge >= 0.3 is 0 Å². The van der Waals surface area contributed by atoms with Crippen molar-refractivity contribution >= 4 is 21.8 Å². The van der Waals surface area contributed by atoms with Crippen LogP contribution in [0.25, 0.3) is 5.69 Å². The fourth-order valence-electron chi connectivity index (χ4n) is 2.77. The molecule has 7 heteroatoms. The molecule has 1 N–H and O–H groups in total. The molecule has 1 atom stereocenters. The normalized spacial score (nSPS) is 11.9. The zero-order chi connectivity index (χ0) is 20.3. The highest BCUT2D eigenvalue weighted by Crippen LogP contribution is 2.26. The lowest BCUT2D eigenvalue weighted by Gasteiger charge is -2.16. The van der Waals surface area contributed by atoms with Crippen LogP contribution in [0.2, 0.25) is 0 Å². The summed E-state index contributed by atoms with van der Waals surface area (Å²) in [6, 6.07) is 10.5. The van der Waals surface area contributed by atoms with Crippen molar-refractivity contribution in [1.29, 1.82) is 0 Å². The van der Waals surface area contributed by atoms with E-state index in [0.29, 0.717) is 22.8 Å². The molecule has 0 aliphatic carbocycles. The Morgan fingerprint density at radius 1 is 1.29 bits per heavy atom. The highest BCUT2D eigenvalue weighted by Gasteiger charge is 2.16. The highest BCUT2D eigenvalue weighted by molar-refractivity contribution is 9.10. The summed E-state index contributed by atoms with van der Waals surface area (Å²) in [4.78, 5) is 16.4. The summed E-state index contributed by atoms with van der Waals surface area (Å²) >= 11 is 3.43. The molecular weight excluding hydrogens is 425 g/mol. The van der Waals surface area contributed by atoms with Gasteiger partial charge in [0.1, 0.15) is 17.4 Å². The Morgan fingerprint density at radius 3 is 2.71 bits per heavy atom. The number of benzene rings is 2. The molecule has 1 unspecified atom stereocenters. The van der Waals surface area contributed by atoms with Gasteiger partial charge in [-0.1, -0.05) is 12.1 Å². The van der Waals surface area contributed by atoms with Crippen LogP contribution in [0, 0.1) is 19.7 Å². The Kier molecular flexibility index (Phi) is 6.14. The summed E-state index contributed by atoms with van der Waals surface area (Å²) in [6.07, 6.45) is 2.64. The third kappa shape index (κ3) is 4.59. The zero-order valence-corrected chi connectivity index (χ0v) is 17.5. The number of amides is 1. The second-order valence-corrected chi connectivity index (χ2v) is 7.40. The zero-order valence-electron chi connectivity index (χ0n) is 15.9. The van der Waals surface area contributed by atoms with Crippen LogP contribution in [0.1, 0.15) is 23.9 Å². The van der Waals surface area contributed by atoms with Crippen LogP contribution in [0.15, 0.2) is 53.3 Å². The van der Waals surface area contributed by atoms with E-state index in [4.69, 9.17) is 4.74 Å². The number of carbonyl (C=O) groups is 1. The van der Waals surface area contributed by atoms with Gasteiger partial charge in [-0.3, -0.25) is 4.79 Å². The highest BCUT2D eigenvalue weighted by atomic mass is 79.9. The minimum absolute atomic E-state index is 0.210. The Labute approximate surface area is 171 Å². The van der Waals surface area contributed by atoms with Crippen molar-refractivity contribution in [3.05, 3.63) is 76.0 Å². The third-order valence-corrected chi connectivity index (χ3v) is 4.94. The van der Waals surface area contributed by atoms with Gasteiger partial charge in [-0.2, -0.15) is 0 Å². The maximum absolute atomic E-state index is 14.4. The number of aromatic nitrogens is 2. The standard InChI is InChI=1S/C21H21BrFN3O2/c1-13-4-7-20(17(22)10-13)28-14(2)21(27)25-12-16-5-6-19(18(23)11-16)26-9-8-24-15(26)3/h4-11,14H,12H2,1-3H3,(H,25,27). The maximum atomic E-state index is 14.4. The molecule has 0 saturated heterocycles. The lowest BCUT2D eigenvalue weighted by atomic mass is 10.2. The quantitative estimate of drug-likeness (QED) is 0.608. The summed E-state index contributed by atoms with van der Waals surface area (Å²) in [7, 11) is 0. The number of halogens is 2. The molecule has 0 spiro atoms. The fraction of sp³-hybridized carbons (Fsp3) is 0.238. The summed E-state index contributed by atoms with van der Waals surface area (Å²) in [5, 5.41) is 2.78. The number of aryl methyl sites for hydroxylation is 2. The van der Waals surface area contributed by atoms with Crippen LogP contribution in [0.4, 0.5) is 4.39 Å². The van der Waals surface area contributed by atoms with Gasteiger partial charge in [-0.15, -0.1) is 0 Å². The Morgan fingerprint density at radius 2 is 2.07 bits per heavy atom. The second kappa shape index (κ2) is 8.56. The van der Waals surface area contributed by atoms with E-state index in [1.54, 1.807) is 42.9 Å². The predicted octanol–water partition coefficient (Wildman–Crippen LogP) is 4.47. The molecule has 0 fully saturated rings. The van der Waals surface area contributed by atoms with Gasteiger partial charge in [-0.25, -0.2) is 9.37 Å². The molecule has 146 valence electrons. The van der Waals surface area contributed by atoms with Crippen LogP contribution >= 0.6 is 15.9 Å². The van der Waals surface area contributed by atoms with Crippen molar-refractivity contribution in [2.45, 2.75) is 33.4 Å². The van der Waals surface area contributed by atoms with E-state index >= 15 is 0 Å². The van der Waals surface area contributed by atoms with Crippen molar-refractivity contribution in [3.8, 4) is 11.4 Å².